The van der Waals surface area contributed by atoms with Gasteiger partial charge >= 0.3 is 0 Å². The summed E-state index contributed by atoms with van der Waals surface area (Å²) in [5, 5.41) is 12.3. The molecule has 0 aliphatic carbocycles. The number of thiocarbonyl (C=S) groups is 1. The van der Waals surface area contributed by atoms with Gasteiger partial charge in [-0.05, 0) is 26.0 Å². The molecule has 0 amide bonds. The number of benzene rings is 1. The fourth-order valence-corrected chi connectivity index (χ4v) is 3.96. The van der Waals surface area contributed by atoms with E-state index < -0.39 is 0 Å². The molecule has 1 fully saturated rings. The first-order valence-electron chi connectivity index (χ1n) is 5.73. The topological polar surface area (TPSA) is 29.3 Å². The summed E-state index contributed by atoms with van der Waals surface area (Å²) in [6.45, 7) is 4.09. The SMILES string of the molecule is CN1C(=S)SC(C)(C)[C@H]1/[N+]([O-])=C/c1ccccc1. The predicted molar refractivity (Wildman–Crippen MR) is 81.1 cm³/mol. The van der Waals surface area contributed by atoms with E-state index in [1.54, 1.807) is 18.0 Å². The van der Waals surface area contributed by atoms with Crippen molar-refractivity contribution in [1.29, 1.82) is 0 Å². The van der Waals surface area contributed by atoms with E-state index in [-0.39, 0.29) is 10.9 Å². The summed E-state index contributed by atoms with van der Waals surface area (Å²) in [6, 6.07) is 9.60. The van der Waals surface area contributed by atoms with Crippen molar-refractivity contribution >= 4 is 34.5 Å². The van der Waals surface area contributed by atoms with Gasteiger partial charge in [0, 0.05) is 12.6 Å². The average Bonchev–Trinajstić information content (AvgIpc) is 2.49. The Bertz CT molecular complexity index is 485. The smallest absolute Gasteiger partial charge is 0.254 e. The van der Waals surface area contributed by atoms with E-state index in [4.69, 9.17) is 12.2 Å². The molecule has 1 aliphatic heterocycles. The molecule has 0 unspecified atom stereocenters. The van der Waals surface area contributed by atoms with Gasteiger partial charge in [0.25, 0.3) is 6.17 Å². The summed E-state index contributed by atoms with van der Waals surface area (Å²) in [5.74, 6) is 0. The van der Waals surface area contributed by atoms with Gasteiger partial charge in [-0.15, -0.1) is 0 Å². The van der Waals surface area contributed by atoms with Crippen LogP contribution in [0.5, 0.6) is 0 Å². The van der Waals surface area contributed by atoms with Crippen molar-refractivity contribution in [2.24, 2.45) is 0 Å². The van der Waals surface area contributed by atoms with Crippen LogP contribution in [0.1, 0.15) is 19.4 Å². The highest BCUT2D eigenvalue weighted by atomic mass is 32.2. The van der Waals surface area contributed by atoms with Crippen LogP contribution in [-0.2, 0) is 0 Å². The lowest BCUT2D eigenvalue weighted by Crippen LogP contribution is -2.46. The Kier molecular flexibility index (Phi) is 3.64. The zero-order valence-corrected chi connectivity index (χ0v) is 12.3. The van der Waals surface area contributed by atoms with Crippen LogP contribution in [0.3, 0.4) is 0 Å². The van der Waals surface area contributed by atoms with Crippen molar-refractivity contribution in [1.82, 2.24) is 4.90 Å². The molecule has 0 N–H and O–H groups in total. The minimum atomic E-state index is -0.268. The van der Waals surface area contributed by atoms with Crippen LogP contribution in [0, 0.1) is 5.21 Å². The van der Waals surface area contributed by atoms with Crippen molar-refractivity contribution in [3.8, 4) is 0 Å². The molecule has 0 aromatic heterocycles. The van der Waals surface area contributed by atoms with Gasteiger partial charge in [-0.3, -0.25) is 0 Å². The van der Waals surface area contributed by atoms with Gasteiger partial charge in [0.15, 0.2) is 6.21 Å². The number of thioether (sulfide) groups is 1. The Morgan fingerprint density at radius 2 is 2.00 bits per heavy atom. The van der Waals surface area contributed by atoms with Crippen LogP contribution in [-0.4, -0.2) is 38.1 Å². The molecule has 18 heavy (non-hydrogen) atoms. The third-order valence-corrected chi connectivity index (χ3v) is 4.68. The monoisotopic (exact) mass is 280 g/mol. The second-order valence-corrected chi connectivity index (χ2v) is 7.14. The molecule has 0 radical (unpaired) electrons. The quantitative estimate of drug-likeness (QED) is 0.274. The first kappa shape index (κ1) is 13.4. The largest absolute Gasteiger partial charge is 0.622 e. The summed E-state index contributed by atoms with van der Waals surface area (Å²) in [5.41, 5.74) is 0.902. The van der Waals surface area contributed by atoms with Gasteiger partial charge in [-0.25, -0.2) is 0 Å². The number of hydroxylamine groups is 1. The maximum Gasteiger partial charge on any atom is 0.254 e. The Morgan fingerprint density at radius 1 is 1.39 bits per heavy atom. The van der Waals surface area contributed by atoms with Gasteiger partial charge in [0.2, 0.25) is 0 Å². The molecule has 96 valence electrons. The minimum Gasteiger partial charge on any atom is -0.622 e. The molecular weight excluding hydrogens is 264 g/mol. The third-order valence-electron chi connectivity index (χ3n) is 2.94. The lowest BCUT2D eigenvalue weighted by atomic mass is 10.1. The summed E-state index contributed by atoms with van der Waals surface area (Å²) in [7, 11) is 1.87. The molecule has 1 aromatic carbocycles. The summed E-state index contributed by atoms with van der Waals surface area (Å²) in [4.78, 5) is 1.87. The van der Waals surface area contributed by atoms with E-state index in [9.17, 15) is 5.21 Å². The third kappa shape index (κ3) is 2.52. The molecule has 1 heterocycles. The number of hydrogen-bond acceptors (Lipinski definition) is 3. The molecule has 1 atom stereocenters. The molecule has 2 rings (SSSR count). The lowest BCUT2D eigenvalue weighted by molar-refractivity contribution is -0.522. The minimum absolute atomic E-state index is 0.209. The molecule has 1 aliphatic rings. The van der Waals surface area contributed by atoms with E-state index >= 15 is 0 Å². The van der Waals surface area contributed by atoms with Crippen molar-refractivity contribution in [3.05, 3.63) is 41.1 Å². The molecule has 3 nitrogen and oxygen atoms in total. The van der Waals surface area contributed by atoms with E-state index in [0.29, 0.717) is 0 Å². The summed E-state index contributed by atoms with van der Waals surface area (Å²) < 4.78 is 1.56. The summed E-state index contributed by atoms with van der Waals surface area (Å²) in [6.07, 6.45) is 1.35. The van der Waals surface area contributed by atoms with Crippen LogP contribution in [0.25, 0.3) is 0 Å². The highest BCUT2D eigenvalue weighted by molar-refractivity contribution is 8.24. The number of hydrogen-bond donors (Lipinski definition) is 0. The van der Waals surface area contributed by atoms with E-state index in [1.165, 1.54) is 0 Å². The van der Waals surface area contributed by atoms with E-state index in [2.05, 4.69) is 0 Å². The predicted octanol–water partition coefficient (Wildman–Crippen LogP) is 2.68. The van der Waals surface area contributed by atoms with E-state index in [1.807, 2.05) is 56.1 Å². The number of nitrogens with zero attached hydrogens (tertiary/aromatic N) is 2. The first-order valence-corrected chi connectivity index (χ1v) is 6.95. The van der Waals surface area contributed by atoms with Gasteiger partial charge in [-0.1, -0.05) is 42.2 Å². The van der Waals surface area contributed by atoms with Crippen LogP contribution >= 0.6 is 24.0 Å². The molecule has 0 saturated carbocycles. The van der Waals surface area contributed by atoms with Crippen molar-refractivity contribution in [2.45, 2.75) is 24.8 Å². The Balaban J connectivity index is 2.31. The van der Waals surface area contributed by atoms with Gasteiger partial charge in [-0.2, -0.15) is 4.74 Å². The number of rotatable bonds is 2. The van der Waals surface area contributed by atoms with Crippen LogP contribution in [0.4, 0.5) is 0 Å². The highest BCUT2D eigenvalue weighted by Gasteiger charge is 2.48. The van der Waals surface area contributed by atoms with Gasteiger partial charge in [0.05, 0.1) is 0 Å². The van der Waals surface area contributed by atoms with Gasteiger partial charge < -0.3 is 10.1 Å². The van der Waals surface area contributed by atoms with Crippen LogP contribution in [0.2, 0.25) is 0 Å². The van der Waals surface area contributed by atoms with Gasteiger partial charge in [0.1, 0.15) is 9.07 Å². The standard InChI is InChI=1S/C13H16N2OS2/c1-13(2)11(14(3)12(17)18-13)15(16)9-10-7-5-4-6-8-10/h4-9,11H,1-3H3/b15-9-/t11-/m1/s1. The molecule has 5 heteroatoms. The fraction of sp³-hybridized carbons (Fsp3) is 0.385. The second-order valence-electron chi connectivity index (χ2n) is 4.86. The maximum atomic E-state index is 12.3. The van der Waals surface area contributed by atoms with Crippen molar-refractivity contribution < 1.29 is 4.74 Å². The Labute approximate surface area is 117 Å². The van der Waals surface area contributed by atoms with E-state index in [0.717, 1.165) is 14.6 Å². The van der Waals surface area contributed by atoms with Crippen LogP contribution in [0.15, 0.2) is 30.3 Å². The molecule has 0 bridgehead atoms. The molecule has 1 aromatic rings. The fourth-order valence-electron chi connectivity index (χ4n) is 2.15. The molecule has 1 saturated heterocycles. The lowest BCUT2D eigenvalue weighted by Gasteiger charge is -2.27. The maximum absolute atomic E-state index is 12.3. The summed E-state index contributed by atoms with van der Waals surface area (Å²) >= 11 is 6.83. The first-order chi connectivity index (χ1) is 8.42. The zero-order valence-electron chi connectivity index (χ0n) is 10.7. The highest BCUT2D eigenvalue weighted by Crippen LogP contribution is 2.40. The second kappa shape index (κ2) is 4.90. The molecular formula is C13H16N2OS2. The average molecular weight is 280 g/mol. The molecule has 0 spiro atoms. The van der Waals surface area contributed by atoms with Crippen LogP contribution < -0.4 is 0 Å². The Hall–Kier alpha value is -1.07. The zero-order chi connectivity index (χ0) is 13.3. The Morgan fingerprint density at radius 3 is 2.50 bits per heavy atom. The normalized spacial score (nSPS) is 23.5. The van der Waals surface area contributed by atoms with Crippen molar-refractivity contribution in [3.63, 3.8) is 0 Å². The van der Waals surface area contributed by atoms with Crippen molar-refractivity contribution in [2.75, 3.05) is 7.05 Å².